The minimum Gasteiger partial charge on any atom is -0.493 e. The van der Waals surface area contributed by atoms with Gasteiger partial charge in [0.15, 0.2) is 0 Å². The molecule has 1 fully saturated rings. The van der Waals surface area contributed by atoms with E-state index in [0.717, 1.165) is 30.8 Å². The van der Waals surface area contributed by atoms with Crippen molar-refractivity contribution in [3.8, 4) is 5.75 Å². The Kier molecular flexibility index (Phi) is 4.53. The Bertz CT molecular complexity index is 423. The van der Waals surface area contributed by atoms with Crippen LogP contribution in [0.4, 0.5) is 11.4 Å². The summed E-state index contributed by atoms with van der Waals surface area (Å²) < 4.78 is 5.66. The zero-order valence-electron chi connectivity index (χ0n) is 11.8. The van der Waals surface area contributed by atoms with Gasteiger partial charge in [-0.1, -0.05) is 13.8 Å². The van der Waals surface area contributed by atoms with Gasteiger partial charge in [0, 0.05) is 30.1 Å². The van der Waals surface area contributed by atoms with E-state index in [-0.39, 0.29) is 12.6 Å². The van der Waals surface area contributed by atoms with Gasteiger partial charge in [-0.15, -0.1) is 0 Å². The molecule has 1 saturated heterocycles. The number of hydrogen-bond donors (Lipinski definition) is 2. The fourth-order valence-electron chi connectivity index (χ4n) is 2.68. The Balaban J connectivity index is 2.21. The Labute approximate surface area is 115 Å². The van der Waals surface area contributed by atoms with Crippen molar-refractivity contribution in [1.82, 2.24) is 0 Å². The van der Waals surface area contributed by atoms with Gasteiger partial charge in [0.05, 0.1) is 19.3 Å². The Morgan fingerprint density at radius 2 is 2.21 bits per heavy atom. The van der Waals surface area contributed by atoms with Gasteiger partial charge in [-0.25, -0.2) is 0 Å². The number of nitrogen functional groups attached to an aromatic ring is 1. The summed E-state index contributed by atoms with van der Waals surface area (Å²) in [5, 5.41) is 9.54. The maximum atomic E-state index is 9.54. The molecule has 4 heteroatoms. The fourth-order valence-corrected chi connectivity index (χ4v) is 2.68. The smallest absolute Gasteiger partial charge is 0.123 e. The Hall–Kier alpha value is -1.42. The SMILES string of the molecule is CCCOc1cc(N)cc(N2CCC(C)C2CO)c1. The van der Waals surface area contributed by atoms with Crippen LogP contribution in [0.5, 0.6) is 5.75 Å². The first kappa shape index (κ1) is 14.0. The van der Waals surface area contributed by atoms with Crippen LogP contribution < -0.4 is 15.4 Å². The standard InChI is InChI=1S/C15H24N2O2/c1-3-6-19-14-8-12(16)7-13(9-14)17-5-4-11(2)15(17)10-18/h7-9,11,15,18H,3-6,10,16H2,1-2H3. The monoisotopic (exact) mass is 264 g/mol. The summed E-state index contributed by atoms with van der Waals surface area (Å²) in [6.45, 7) is 6.10. The van der Waals surface area contributed by atoms with Crippen LogP contribution >= 0.6 is 0 Å². The maximum Gasteiger partial charge on any atom is 0.123 e. The van der Waals surface area contributed by atoms with E-state index in [2.05, 4.69) is 18.7 Å². The third-order valence-electron chi connectivity index (χ3n) is 3.79. The molecule has 0 bridgehead atoms. The highest BCUT2D eigenvalue weighted by Gasteiger charge is 2.30. The first-order valence-corrected chi connectivity index (χ1v) is 7.06. The number of aliphatic hydroxyl groups excluding tert-OH is 1. The lowest BCUT2D eigenvalue weighted by Gasteiger charge is -2.28. The minimum absolute atomic E-state index is 0.181. The Morgan fingerprint density at radius 3 is 2.89 bits per heavy atom. The number of rotatable bonds is 5. The Morgan fingerprint density at radius 1 is 1.42 bits per heavy atom. The van der Waals surface area contributed by atoms with Crippen molar-refractivity contribution < 1.29 is 9.84 Å². The average molecular weight is 264 g/mol. The van der Waals surface area contributed by atoms with Gasteiger partial charge in [0.1, 0.15) is 5.75 Å². The van der Waals surface area contributed by atoms with Gasteiger partial charge in [-0.05, 0) is 24.8 Å². The molecule has 0 radical (unpaired) electrons. The molecule has 2 atom stereocenters. The van der Waals surface area contributed by atoms with Crippen LogP contribution in [0, 0.1) is 5.92 Å². The molecule has 0 aliphatic carbocycles. The van der Waals surface area contributed by atoms with E-state index in [0.29, 0.717) is 18.2 Å². The normalized spacial score (nSPS) is 22.8. The van der Waals surface area contributed by atoms with Gasteiger partial charge in [0.2, 0.25) is 0 Å². The maximum absolute atomic E-state index is 9.54. The molecule has 0 aromatic heterocycles. The topological polar surface area (TPSA) is 58.7 Å². The summed E-state index contributed by atoms with van der Waals surface area (Å²) in [6, 6.07) is 6.01. The number of anilines is 2. The molecular formula is C15H24N2O2. The highest BCUT2D eigenvalue weighted by molar-refractivity contribution is 5.61. The molecule has 1 heterocycles. The van der Waals surface area contributed by atoms with E-state index in [1.807, 2.05) is 18.2 Å². The quantitative estimate of drug-likeness (QED) is 0.801. The number of nitrogens with two attached hydrogens (primary N) is 1. The minimum atomic E-state index is 0.181. The van der Waals surface area contributed by atoms with E-state index < -0.39 is 0 Å². The second-order valence-corrected chi connectivity index (χ2v) is 5.32. The van der Waals surface area contributed by atoms with Crippen molar-refractivity contribution in [3.05, 3.63) is 18.2 Å². The van der Waals surface area contributed by atoms with E-state index in [1.165, 1.54) is 0 Å². The van der Waals surface area contributed by atoms with Crippen LogP contribution in [0.15, 0.2) is 18.2 Å². The second kappa shape index (κ2) is 6.15. The summed E-state index contributed by atoms with van der Waals surface area (Å²) in [7, 11) is 0. The number of aliphatic hydroxyl groups is 1. The molecule has 0 saturated carbocycles. The number of benzene rings is 1. The van der Waals surface area contributed by atoms with Gasteiger partial charge >= 0.3 is 0 Å². The number of ether oxygens (including phenoxy) is 1. The van der Waals surface area contributed by atoms with Gasteiger partial charge in [-0.2, -0.15) is 0 Å². The molecular weight excluding hydrogens is 240 g/mol. The lowest BCUT2D eigenvalue weighted by molar-refractivity contribution is 0.244. The first-order chi connectivity index (χ1) is 9.15. The highest BCUT2D eigenvalue weighted by Crippen LogP contribution is 2.33. The molecule has 106 valence electrons. The molecule has 1 aromatic carbocycles. The summed E-state index contributed by atoms with van der Waals surface area (Å²) in [4.78, 5) is 2.24. The van der Waals surface area contributed by atoms with E-state index in [9.17, 15) is 5.11 Å². The summed E-state index contributed by atoms with van der Waals surface area (Å²) >= 11 is 0. The lowest BCUT2D eigenvalue weighted by Crippen LogP contribution is -2.35. The molecule has 0 amide bonds. The molecule has 2 unspecified atom stereocenters. The summed E-state index contributed by atoms with van der Waals surface area (Å²) in [5.74, 6) is 1.32. The van der Waals surface area contributed by atoms with Crippen molar-refractivity contribution in [2.75, 3.05) is 30.4 Å². The predicted octanol–water partition coefficient (Wildman–Crippen LogP) is 2.26. The number of nitrogens with zero attached hydrogens (tertiary/aromatic N) is 1. The van der Waals surface area contributed by atoms with E-state index in [4.69, 9.17) is 10.5 Å². The van der Waals surface area contributed by atoms with Crippen LogP contribution in [0.25, 0.3) is 0 Å². The molecule has 2 rings (SSSR count). The summed E-state index contributed by atoms with van der Waals surface area (Å²) in [6.07, 6.45) is 2.08. The van der Waals surface area contributed by atoms with Crippen molar-refractivity contribution in [1.29, 1.82) is 0 Å². The van der Waals surface area contributed by atoms with Crippen molar-refractivity contribution in [3.63, 3.8) is 0 Å². The van der Waals surface area contributed by atoms with Gasteiger partial charge in [0.25, 0.3) is 0 Å². The van der Waals surface area contributed by atoms with E-state index >= 15 is 0 Å². The zero-order valence-corrected chi connectivity index (χ0v) is 11.8. The zero-order chi connectivity index (χ0) is 13.8. The molecule has 1 aliphatic rings. The van der Waals surface area contributed by atoms with Crippen LogP contribution in [-0.2, 0) is 0 Å². The predicted molar refractivity (Wildman–Crippen MR) is 78.6 cm³/mol. The molecule has 19 heavy (non-hydrogen) atoms. The number of hydrogen-bond acceptors (Lipinski definition) is 4. The van der Waals surface area contributed by atoms with Crippen LogP contribution in [0.1, 0.15) is 26.7 Å². The lowest BCUT2D eigenvalue weighted by atomic mass is 10.0. The van der Waals surface area contributed by atoms with Gasteiger partial charge < -0.3 is 20.5 Å². The van der Waals surface area contributed by atoms with Crippen LogP contribution in [0.3, 0.4) is 0 Å². The molecule has 0 spiro atoms. The largest absolute Gasteiger partial charge is 0.493 e. The fraction of sp³-hybridized carbons (Fsp3) is 0.600. The van der Waals surface area contributed by atoms with Crippen molar-refractivity contribution in [2.45, 2.75) is 32.7 Å². The summed E-state index contributed by atoms with van der Waals surface area (Å²) in [5.41, 5.74) is 7.71. The van der Waals surface area contributed by atoms with Crippen molar-refractivity contribution in [2.24, 2.45) is 5.92 Å². The van der Waals surface area contributed by atoms with Gasteiger partial charge in [-0.3, -0.25) is 0 Å². The molecule has 3 N–H and O–H groups in total. The average Bonchev–Trinajstić information content (AvgIpc) is 2.76. The molecule has 1 aliphatic heterocycles. The third-order valence-corrected chi connectivity index (χ3v) is 3.79. The van der Waals surface area contributed by atoms with Crippen LogP contribution in [-0.4, -0.2) is 30.9 Å². The first-order valence-electron chi connectivity index (χ1n) is 7.06. The van der Waals surface area contributed by atoms with E-state index in [1.54, 1.807) is 0 Å². The molecule has 1 aromatic rings. The molecule has 4 nitrogen and oxygen atoms in total. The van der Waals surface area contributed by atoms with Crippen LogP contribution in [0.2, 0.25) is 0 Å². The highest BCUT2D eigenvalue weighted by atomic mass is 16.5. The third kappa shape index (κ3) is 3.13. The second-order valence-electron chi connectivity index (χ2n) is 5.32. The van der Waals surface area contributed by atoms with Crippen molar-refractivity contribution >= 4 is 11.4 Å².